The zero-order valence-corrected chi connectivity index (χ0v) is 20.6. The van der Waals surface area contributed by atoms with Crippen molar-refractivity contribution in [2.24, 2.45) is 5.73 Å². The first-order chi connectivity index (χ1) is 18.2. The van der Waals surface area contributed by atoms with Gasteiger partial charge in [0.05, 0.1) is 19.2 Å². The Hall–Kier alpha value is -4.54. The van der Waals surface area contributed by atoms with E-state index in [9.17, 15) is 33.6 Å². The summed E-state index contributed by atoms with van der Waals surface area (Å²) in [6.07, 6.45) is 1.64. The maximum Gasteiger partial charge on any atom is 0.336 e. The third kappa shape index (κ3) is 8.77. The molecular weight excluding hydrogens is 526 g/mol. The van der Waals surface area contributed by atoms with Crippen LogP contribution in [0.25, 0.3) is 0 Å². The number of cyclic esters (lactones) is 1. The normalized spacial score (nSPS) is 19.3. The number of amides is 3. The quantitative estimate of drug-likeness (QED) is 0.138. The zero-order valence-electron chi connectivity index (χ0n) is 20.6. The summed E-state index contributed by atoms with van der Waals surface area (Å²) in [7, 11) is 0. The molecular formula is C22H29N5O12. The number of nitrogens with two attached hydrogens (primary N) is 1. The van der Waals surface area contributed by atoms with Gasteiger partial charge < -0.3 is 46.1 Å². The highest BCUT2D eigenvalue weighted by Crippen LogP contribution is 2.20. The summed E-state index contributed by atoms with van der Waals surface area (Å²) in [6.45, 7) is 0.403. The van der Waals surface area contributed by atoms with E-state index in [4.69, 9.17) is 30.9 Å². The summed E-state index contributed by atoms with van der Waals surface area (Å²) in [4.78, 5) is 86.8. The van der Waals surface area contributed by atoms with Gasteiger partial charge in [0.1, 0.15) is 12.1 Å². The number of likely N-dealkylation sites (tertiary alicyclic amines) is 1. The van der Waals surface area contributed by atoms with Crippen molar-refractivity contribution in [3.05, 3.63) is 18.2 Å². The highest BCUT2D eigenvalue weighted by atomic mass is 16.6. The molecule has 17 heteroatoms. The number of carboxylic acids is 3. The lowest BCUT2D eigenvalue weighted by Crippen LogP contribution is -2.55. The van der Waals surface area contributed by atoms with Crippen LogP contribution in [-0.2, 0) is 44.7 Å². The number of carbonyl (C=O) groups is 7. The average Bonchev–Trinajstić information content (AvgIpc) is 3.59. The largest absolute Gasteiger partial charge is 0.481 e. The number of aromatic nitrogens is 2. The number of aliphatic carboxylic acids is 3. The van der Waals surface area contributed by atoms with Crippen molar-refractivity contribution in [2.45, 2.75) is 68.7 Å². The minimum absolute atomic E-state index is 0.174. The molecule has 2 saturated heterocycles. The lowest BCUT2D eigenvalue weighted by Gasteiger charge is -2.28. The third-order valence-electron chi connectivity index (χ3n) is 5.92. The standard InChI is InChI=1S/C16H21N5O5.C6H8O7/c17-14(23)11-2-1-5-21(11)16(25)10(6-9-7-18-8-19-9)20-15(24)12-3-4-13(22)26-12;7-3(8)1-6(13,5(11)12)2-4(9)10/h7-8,10-12H,1-6H2,(H2,17,23)(H,18,19)(H,20,24);13H,1-2H2,(H,7,8)(H,9,10)(H,11,12)/t10-,11-,12-;/m0./s1. The first kappa shape index (κ1) is 30.7. The second-order valence-corrected chi connectivity index (χ2v) is 8.93. The second-order valence-electron chi connectivity index (χ2n) is 8.93. The van der Waals surface area contributed by atoms with Crippen molar-refractivity contribution in [3.8, 4) is 0 Å². The molecule has 0 spiro atoms. The Balaban J connectivity index is 0.000000349. The minimum atomic E-state index is -2.74. The molecule has 2 aliphatic heterocycles. The fourth-order valence-corrected chi connectivity index (χ4v) is 4.03. The van der Waals surface area contributed by atoms with Crippen molar-refractivity contribution < 1.29 is 58.7 Å². The van der Waals surface area contributed by atoms with Gasteiger partial charge in [-0.25, -0.2) is 9.78 Å². The molecule has 214 valence electrons. The Bertz CT molecular complexity index is 1090. The SMILES string of the molecule is NC(=O)[C@@H]1CCCN1C(=O)[C@H](Cc1cnc[nH]1)NC(=O)[C@@H]1CCC(=O)O1.O=C(O)CC(O)(CC(=O)O)C(=O)O. The van der Waals surface area contributed by atoms with Gasteiger partial charge in [0, 0.05) is 37.7 Å². The Morgan fingerprint density at radius 2 is 1.79 bits per heavy atom. The van der Waals surface area contributed by atoms with Gasteiger partial charge in [0.25, 0.3) is 5.91 Å². The van der Waals surface area contributed by atoms with E-state index < -0.39 is 78.2 Å². The van der Waals surface area contributed by atoms with E-state index in [-0.39, 0.29) is 19.3 Å². The molecule has 3 atom stereocenters. The maximum atomic E-state index is 13.0. The summed E-state index contributed by atoms with van der Waals surface area (Å²) >= 11 is 0. The molecule has 3 rings (SSSR count). The van der Waals surface area contributed by atoms with Crippen LogP contribution in [0.3, 0.4) is 0 Å². The number of carboxylic acid groups (broad SMARTS) is 3. The number of nitrogens with one attached hydrogen (secondary N) is 2. The molecule has 0 aromatic carbocycles. The van der Waals surface area contributed by atoms with E-state index in [0.29, 0.717) is 25.1 Å². The second kappa shape index (κ2) is 13.3. The van der Waals surface area contributed by atoms with Crippen LogP contribution in [0.15, 0.2) is 12.5 Å². The van der Waals surface area contributed by atoms with Gasteiger partial charge in [-0.05, 0) is 12.8 Å². The van der Waals surface area contributed by atoms with Crippen LogP contribution < -0.4 is 11.1 Å². The molecule has 1 aromatic rings. The Kier molecular flexibility index (Phi) is 10.5. The smallest absolute Gasteiger partial charge is 0.336 e. The van der Waals surface area contributed by atoms with Crippen LogP contribution in [0, 0.1) is 0 Å². The number of esters is 1. The lowest BCUT2D eigenvalue weighted by molar-refractivity contribution is -0.170. The summed E-state index contributed by atoms with van der Waals surface area (Å²) in [6, 6.07) is -1.59. The number of carbonyl (C=O) groups excluding carboxylic acids is 4. The van der Waals surface area contributed by atoms with Crippen molar-refractivity contribution in [1.29, 1.82) is 0 Å². The molecule has 3 heterocycles. The number of nitrogens with zero attached hydrogens (tertiary/aromatic N) is 2. The number of hydrogen-bond donors (Lipinski definition) is 7. The summed E-state index contributed by atoms with van der Waals surface area (Å²) < 4.78 is 4.95. The zero-order chi connectivity index (χ0) is 29.3. The predicted octanol–water partition coefficient (Wildman–Crippen LogP) is -2.63. The van der Waals surface area contributed by atoms with Gasteiger partial charge in [0.15, 0.2) is 11.7 Å². The highest BCUT2D eigenvalue weighted by molar-refractivity contribution is 5.94. The molecule has 0 aliphatic carbocycles. The van der Waals surface area contributed by atoms with E-state index in [1.54, 1.807) is 6.20 Å². The predicted molar refractivity (Wildman–Crippen MR) is 124 cm³/mol. The first-order valence-electron chi connectivity index (χ1n) is 11.7. The van der Waals surface area contributed by atoms with Gasteiger partial charge in [-0.1, -0.05) is 0 Å². The van der Waals surface area contributed by atoms with Gasteiger partial charge in [-0.2, -0.15) is 0 Å². The summed E-state index contributed by atoms with van der Waals surface area (Å²) in [5, 5.41) is 36.5. The van der Waals surface area contributed by atoms with E-state index in [0.717, 1.165) is 0 Å². The first-order valence-corrected chi connectivity index (χ1v) is 11.7. The minimum Gasteiger partial charge on any atom is -0.481 e. The monoisotopic (exact) mass is 555 g/mol. The fourth-order valence-electron chi connectivity index (χ4n) is 4.03. The Morgan fingerprint density at radius 3 is 2.26 bits per heavy atom. The number of hydrogen-bond acceptors (Lipinski definition) is 10. The van der Waals surface area contributed by atoms with Gasteiger partial charge >= 0.3 is 23.9 Å². The lowest BCUT2D eigenvalue weighted by atomic mass is 9.96. The molecule has 2 fully saturated rings. The van der Waals surface area contributed by atoms with E-state index in [1.807, 2.05) is 0 Å². The number of H-pyrrole nitrogens is 1. The van der Waals surface area contributed by atoms with Crippen molar-refractivity contribution >= 4 is 41.6 Å². The molecule has 8 N–H and O–H groups in total. The fraction of sp³-hybridized carbons (Fsp3) is 0.545. The molecule has 2 aliphatic rings. The molecule has 17 nitrogen and oxygen atoms in total. The van der Waals surface area contributed by atoms with Gasteiger partial charge in [0.2, 0.25) is 11.8 Å². The number of imidazole rings is 1. The topological polar surface area (TPSA) is 280 Å². The Labute approximate surface area is 220 Å². The number of primary amides is 1. The average molecular weight is 555 g/mol. The number of ether oxygens (including phenoxy) is 1. The molecule has 0 unspecified atom stereocenters. The van der Waals surface area contributed by atoms with Crippen LogP contribution >= 0.6 is 0 Å². The van der Waals surface area contributed by atoms with Gasteiger partial charge in [-0.3, -0.25) is 28.8 Å². The molecule has 0 bridgehead atoms. The van der Waals surface area contributed by atoms with Crippen LogP contribution in [0.4, 0.5) is 0 Å². The number of rotatable bonds is 11. The van der Waals surface area contributed by atoms with Crippen LogP contribution in [0.2, 0.25) is 0 Å². The molecule has 0 radical (unpaired) electrons. The maximum absolute atomic E-state index is 13.0. The summed E-state index contributed by atoms with van der Waals surface area (Å²) in [5.74, 6) is -6.93. The molecule has 39 heavy (non-hydrogen) atoms. The summed E-state index contributed by atoms with van der Waals surface area (Å²) in [5.41, 5.74) is 3.30. The van der Waals surface area contributed by atoms with Crippen molar-refractivity contribution in [3.63, 3.8) is 0 Å². The molecule has 0 saturated carbocycles. The molecule has 1 aromatic heterocycles. The van der Waals surface area contributed by atoms with Crippen molar-refractivity contribution in [2.75, 3.05) is 6.54 Å². The number of aromatic amines is 1. The number of aliphatic hydroxyl groups is 1. The van der Waals surface area contributed by atoms with Crippen LogP contribution in [0.5, 0.6) is 0 Å². The molecule has 3 amide bonds. The highest BCUT2D eigenvalue weighted by Gasteiger charge is 2.41. The van der Waals surface area contributed by atoms with Gasteiger partial charge in [-0.15, -0.1) is 0 Å². The van der Waals surface area contributed by atoms with E-state index in [1.165, 1.54) is 11.2 Å². The van der Waals surface area contributed by atoms with Crippen LogP contribution in [0.1, 0.15) is 44.2 Å². The van der Waals surface area contributed by atoms with Crippen LogP contribution in [-0.4, -0.2) is 107 Å². The van der Waals surface area contributed by atoms with Crippen molar-refractivity contribution in [1.82, 2.24) is 20.2 Å². The third-order valence-corrected chi connectivity index (χ3v) is 5.92. The van der Waals surface area contributed by atoms with E-state index in [2.05, 4.69) is 15.3 Å². The van der Waals surface area contributed by atoms with E-state index >= 15 is 0 Å². The Morgan fingerprint density at radius 1 is 1.15 bits per heavy atom.